The van der Waals surface area contributed by atoms with Crippen LogP contribution in [0.1, 0.15) is 70.4 Å². The van der Waals surface area contributed by atoms with Gasteiger partial charge in [0.05, 0.1) is 23.7 Å². The molecule has 3 atom stereocenters. The Kier molecular flexibility index (Phi) is 7.30. The number of fused-ring (bicyclic) bond motifs is 1. The Bertz CT molecular complexity index is 1340. The minimum absolute atomic E-state index is 0.0347. The van der Waals surface area contributed by atoms with Crippen LogP contribution in [0.3, 0.4) is 0 Å². The number of ether oxygens (including phenoxy) is 2. The number of aryl methyl sites for hydroxylation is 1. The zero-order chi connectivity index (χ0) is 28.1. The molecule has 2 aliphatic heterocycles. The van der Waals surface area contributed by atoms with Crippen LogP contribution in [0.25, 0.3) is 11.0 Å². The fraction of sp³-hybridized carbons (Fsp3) is 0.643. The standard InChI is InChI=1S/C28H37FN4O6/c1-28(2,3)39-27(37)32-11-10-22(19(29)14-32)38-15-16-12-17(13-16)18-6-5-7-20-24(18)31(4)26(36)33(20)21-8-9-23(34)30-25(21)35/h5-7,16-17,19,21-22H,8-15H2,1-4H3,(H,30,34,35)/t16-,17-,19-,21?,22+/m0/s1. The number of amides is 3. The molecule has 1 aromatic heterocycles. The van der Waals surface area contributed by atoms with E-state index in [2.05, 4.69) is 5.32 Å². The van der Waals surface area contributed by atoms with Crippen molar-refractivity contribution in [3.63, 3.8) is 0 Å². The van der Waals surface area contributed by atoms with Gasteiger partial charge < -0.3 is 14.4 Å². The first kappa shape index (κ1) is 27.4. The summed E-state index contributed by atoms with van der Waals surface area (Å²) in [5, 5.41) is 2.34. The highest BCUT2D eigenvalue weighted by Crippen LogP contribution is 2.44. The minimum Gasteiger partial charge on any atom is -0.444 e. The van der Waals surface area contributed by atoms with Crippen LogP contribution in [0, 0.1) is 5.92 Å². The summed E-state index contributed by atoms with van der Waals surface area (Å²) in [5.74, 6) is -0.271. The second kappa shape index (κ2) is 10.4. The van der Waals surface area contributed by atoms with Crippen molar-refractivity contribution in [1.29, 1.82) is 0 Å². The van der Waals surface area contributed by atoms with Crippen molar-refractivity contribution in [3.05, 3.63) is 34.2 Å². The Labute approximate surface area is 226 Å². The number of halogens is 1. The van der Waals surface area contributed by atoms with Crippen molar-refractivity contribution >= 4 is 28.9 Å². The van der Waals surface area contributed by atoms with E-state index >= 15 is 0 Å². The van der Waals surface area contributed by atoms with E-state index < -0.39 is 35.9 Å². The summed E-state index contributed by atoms with van der Waals surface area (Å²) in [7, 11) is 1.71. The molecule has 3 aliphatic rings. The van der Waals surface area contributed by atoms with E-state index in [0.29, 0.717) is 31.5 Å². The topological polar surface area (TPSA) is 112 Å². The number of carbonyl (C=O) groups excluding carboxylic acids is 3. The molecule has 0 bridgehead atoms. The van der Waals surface area contributed by atoms with Crippen molar-refractivity contribution in [3.8, 4) is 0 Å². The number of alkyl halides is 1. The number of rotatable bonds is 5. The molecule has 212 valence electrons. The lowest BCUT2D eigenvalue weighted by Gasteiger charge is -2.39. The summed E-state index contributed by atoms with van der Waals surface area (Å²) in [5.41, 5.74) is 1.63. The summed E-state index contributed by atoms with van der Waals surface area (Å²) >= 11 is 0. The highest BCUT2D eigenvalue weighted by atomic mass is 19.1. The molecular formula is C28H37FN4O6. The lowest BCUT2D eigenvalue weighted by atomic mass is 9.71. The monoisotopic (exact) mass is 544 g/mol. The number of piperidine rings is 2. The number of benzene rings is 1. The van der Waals surface area contributed by atoms with E-state index in [1.54, 1.807) is 32.4 Å². The van der Waals surface area contributed by atoms with Crippen molar-refractivity contribution in [2.75, 3.05) is 19.7 Å². The number of nitrogens with zero attached hydrogens (tertiary/aromatic N) is 3. The predicted molar refractivity (Wildman–Crippen MR) is 141 cm³/mol. The largest absolute Gasteiger partial charge is 0.444 e. The van der Waals surface area contributed by atoms with Crippen LogP contribution in [0.15, 0.2) is 23.0 Å². The first-order valence-corrected chi connectivity index (χ1v) is 13.7. The van der Waals surface area contributed by atoms with Crippen LogP contribution < -0.4 is 11.0 Å². The number of nitrogens with one attached hydrogen (secondary N) is 1. The minimum atomic E-state index is -1.27. The van der Waals surface area contributed by atoms with E-state index in [0.717, 1.165) is 23.9 Å². The molecule has 2 aromatic rings. The Morgan fingerprint density at radius 1 is 1.15 bits per heavy atom. The maximum absolute atomic E-state index is 14.8. The lowest BCUT2D eigenvalue weighted by molar-refractivity contribution is -0.135. The first-order valence-electron chi connectivity index (χ1n) is 13.7. The predicted octanol–water partition coefficient (Wildman–Crippen LogP) is 3.18. The maximum Gasteiger partial charge on any atom is 0.410 e. The molecule has 2 saturated heterocycles. The van der Waals surface area contributed by atoms with Crippen molar-refractivity contribution in [2.24, 2.45) is 13.0 Å². The van der Waals surface area contributed by atoms with Crippen LogP contribution in [0.2, 0.25) is 0 Å². The van der Waals surface area contributed by atoms with Crippen LogP contribution in [0.4, 0.5) is 9.18 Å². The smallest absolute Gasteiger partial charge is 0.410 e. The molecule has 3 amide bonds. The highest BCUT2D eigenvalue weighted by molar-refractivity contribution is 6.00. The summed E-state index contributed by atoms with van der Waals surface area (Å²) in [6, 6.07) is 5.04. The highest BCUT2D eigenvalue weighted by Gasteiger charge is 2.38. The second-order valence-electron chi connectivity index (χ2n) is 12.0. The van der Waals surface area contributed by atoms with Crippen LogP contribution in [-0.2, 0) is 26.1 Å². The van der Waals surface area contributed by atoms with Gasteiger partial charge in [-0.1, -0.05) is 12.1 Å². The average molecular weight is 545 g/mol. The van der Waals surface area contributed by atoms with Gasteiger partial charge in [0, 0.05) is 26.6 Å². The number of hydrogen-bond acceptors (Lipinski definition) is 6. The van der Waals surface area contributed by atoms with E-state index in [9.17, 15) is 23.6 Å². The van der Waals surface area contributed by atoms with Crippen molar-refractivity contribution in [1.82, 2.24) is 19.4 Å². The van der Waals surface area contributed by atoms with Crippen LogP contribution in [-0.4, -0.2) is 69.5 Å². The Hall–Kier alpha value is -3.21. The zero-order valence-corrected chi connectivity index (χ0v) is 22.9. The SMILES string of the molecule is Cn1c(=O)n(C2CCC(=O)NC2=O)c2cccc([C@H]3C[C@H](CO[C@@H]4CCN(C(=O)OC(C)(C)C)C[C@@H]4F)C3)c21. The molecule has 39 heavy (non-hydrogen) atoms. The number of aromatic nitrogens is 2. The summed E-state index contributed by atoms with van der Waals surface area (Å²) < 4.78 is 29.2. The van der Waals surface area contributed by atoms with Gasteiger partial charge in [0.1, 0.15) is 17.8 Å². The molecule has 5 rings (SSSR count). The number of carbonyl (C=O) groups is 3. The third-order valence-corrected chi connectivity index (χ3v) is 8.01. The van der Waals surface area contributed by atoms with Gasteiger partial charge >= 0.3 is 11.8 Å². The molecule has 1 unspecified atom stereocenters. The molecule has 1 saturated carbocycles. The van der Waals surface area contributed by atoms with Gasteiger partial charge in [-0.25, -0.2) is 14.0 Å². The second-order valence-corrected chi connectivity index (χ2v) is 12.0. The summed E-state index contributed by atoms with van der Waals surface area (Å²) in [6.07, 6.45) is 0.306. The lowest BCUT2D eigenvalue weighted by Crippen LogP contribution is -2.50. The fourth-order valence-corrected chi connectivity index (χ4v) is 5.98. The average Bonchev–Trinajstić information content (AvgIpc) is 3.08. The summed E-state index contributed by atoms with van der Waals surface area (Å²) in [4.78, 5) is 50.9. The normalized spacial score (nSPS) is 27.8. The quantitative estimate of drug-likeness (QED) is 0.579. The van der Waals surface area contributed by atoms with Gasteiger partial charge in [0.15, 0.2) is 0 Å². The maximum atomic E-state index is 14.8. The zero-order valence-electron chi connectivity index (χ0n) is 22.9. The van der Waals surface area contributed by atoms with E-state index in [1.807, 2.05) is 18.2 Å². The van der Waals surface area contributed by atoms with E-state index in [1.165, 1.54) is 9.47 Å². The molecule has 11 heteroatoms. The Morgan fingerprint density at radius 3 is 2.56 bits per heavy atom. The molecule has 1 N–H and O–H groups in total. The molecule has 1 aromatic carbocycles. The number of imide groups is 1. The molecule has 3 heterocycles. The van der Waals surface area contributed by atoms with Crippen molar-refractivity contribution < 1.29 is 28.2 Å². The van der Waals surface area contributed by atoms with Gasteiger partial charge in [-0.15, -0.1) is 0 Å². The van der Waals surface area contributed by atoms with E-state index in [-0.39, 0.29) is 36.4 Å². The molecular weight excluding hydrogens is 507 g/mol. The molecule has 3 fully saturated rings. The van der Waals surface area contributed by atoms with E-state index in [4.69, 9.17) is 9.47 Å². The van der Waals surface area contributed by atoms with Crippen LogP contribution >= 0.6 is 0 Å². The van der Waals surface area contributed by atoms with Gasteiger partial charge in [-0.3, -0.25) is 24.0 Å². The molecule has 0 radical (unpaired) electrons. The van der Waals surface area contributed by atoms with Crippen LogP contribution in [0.5, 0.6) is 0 Å². The first-order chi connectivity index (χ1) is 18.4. The Morgan fingerprint density at radius 2 is 1.90 bits per heavy atom. The van der Waals surface area contributed by atoms with Gasteiger partial charge in [0.2, 0.25) is 11.8 Å². The molecule has 10 nitrogen and oxygen atoms in total. The number of para-hydroxylation sites is 1. The van der Waals surface area contributed by atoms with Gasteiger partial charge in [-0.05, 0) is 69.9 Å². The third kappa shape index (κ3) is 5.46. The molecule has 0 spiro atoms. The van der Waals surface area contributed by atoms with Gasteiger partial charge in [-0.2, -0.15) is 0 Å². The van der Waals surface area contributed by atoms with Crippen molar-refractivity contribution in [2.45, 2.75) is 82.7 Å². The number of hydrogen-bond donors (Lipinski definition) is 1. The fourth-order valence-electron chi connectivity index (χ4n) is 5.98. The Balaban J connectivity index is 1.19. The third-order valence-electron chi connectivity index (χ3n) is 8.01. The van der Waals surface area contributed by atoms with Gasteiger partial charge in [0.25, 0.3) is 0 Å². The molecule has 1 aliphatic carbocycles. The summed E-state index contributed by atoms with van der Waals surface area (Å²) in [6.45, 7) is 6.16. The number of imidazole rings is 1. The number of likely N-dealkylation sites (tertiary alicyclic amines) is 1.